The highest BCUT2D eigenvalue weighted by Crippen LogP contribution is 2.36. The van der Waals surface area contributed by atoms with E-state index in [1.165, 1.54) is 25.7 Å². The summed E-state index contributed by atoms with van der Waals surface area (Å²) in [5, 5.41) is 0. The number of piperidine rings is 1. The van der Waals surface area contributed by atoms with Gasteiger partial charge in [0.2, 0.25) is 0 Å². The molecule has 5 nitrogen and oxygen atoms in total. The molecule has 2 fully saturated rings. The molecule has 0 spiro atoms. The van der Waals surface area contributed by atoms with Gasteiger partial charge < -0.3 is 4.90 Å². The number of hydrogen-bond acceptors (Lipinski definition) is 3. The Morgan fingerprint density at radius 1 is 1.00 bits per heavy atom. The molecular formula is C23H28N2O3S. The van der Waals surface area contributed by atoms with Crippen molar-refractivity contribution >= 4 is 21.6 Å². The van der Waals surface area contributed by atoms with Gasteiger partial charge in [-0.15, -0.1) is 0 Å². The summed E-state index contributed by atoms with van der Waals surface area (Å²) in [6.07, 6.45) is 6.17. The van der Waals surface area contributed by atoms with Gasteiger partial charge in [0.05, 0.1) is 4.90 Å². The van der Waals surface area contributed by atoms with E-state index in [-0.39, 0.29) is 10.8 Å². The van der Waals surface area contributed by atoms with Crippen LogP contribution in [0, 0.1) is 18.8 Å². The number of amides is 1. The van der Waals surface area contributed by atoms with Gasteiger partial charge in [-0.3, -0.25) is 9.52 Å². The topological polar surface area (TPSA) is 66.5 Å². The predicted octanol–water partition coefficient (Wildman–Crippen LogP) is 4.45. The number of sulfonamides is 1. The van der Waals surface area contributed by atoms with Crippen molar-refractivity contribution < 1.29 is 13.2 Å². The van der Waals surface area contributed by atoms with Gasteiger partial charge in [-0.1, -0.05) is 43.0 Å². The number of fused-ring (bicyclic) bond motifs is 1. The highest BCUT2D eigenvalue weighted by Gasteiger charge is 2.33. The zero-order valence-electron chi connectivity index (χ0n) is 16.8. The Hall–Kier alpha value is -2.34. The average molecular weight is 413 g/mol. The lowest BCUT2D eigenvalue weighted by molar-refractivity contribution is 0.0521. The molecule has 1 heterocycles. The third-order valence-corrected chi connectivity index (χ3v) is 7.67. The summed E-state index contributed by atoms with van der Waals surface area (Å²) < 4.78 is 27.9. The number of hydrogen-bond donors (Lipinski definition) is 1. The Morgan fingerprint density at radius 2 is 1.72 bits per heavy atom. The molecule has 2 aliphatic rings. The standard InChI is InChI=1S/C23H28N2O3S/c1-17-9-11-22(12-10-17)29(27,28)24-21-8-4-7-19(15-21)23(26)25-14-13-18-5-2-3-6-20(18)16-25/h4,7-12,15,18,20,24H,2-3,5-6,13-14,16H2,1H3/t18-,20+/m0/s1. The predicted molar refractivity (Wildman–Crippen MR) is 114 cm³/mol. The van der Waals surface area contributed by atoms with Gasteiger partial charge in [-0.05, 0) is 61.9 Å². The van der Waals surface area contributed by atoms with Crippen LogP contribution in [0.15, 0.2) is 53.4 Å². The first-order chi connectivity index (χ1) is 13.9. The summed E-state index contributed by atoms with van der Waals surface area (Å²) >= 11 is 0. The first-order valence-electron chi connectivity index (χ1n) is 10.4. The van der Waals surface area contributed by atoms with Crippen molar-refractivity contribution in [2.75, 3.05) is 17.8 Å². The number of nitrogens with one attached hydrogen (secondary N) is 1. The lowest BCUT2D eigenvalue weighted by Crippen LogP contribution is -2.44. The molecule has 1 saturated carbocycles. The first kappa shape index (κ1) is 20.0. The van der Waals surface area contributed by atoms with Crippen LogP contribution in [0.4, 0.5) is 5.69 Å². The quantitative estimate of drug-likeness (QED) is 0.807. The van der Waals surface area contributed by atoms with E-state index in [4.69, 9.17) is 0 Å². The van der Waals surface area contributed by atoms with Crippen molar-refractivity contribution in [1.82, 2.24) is 4.90 Å². The van der Waals surface area contributed by atoms with E-state index in [2.05, 4.69) is 4.72 Å². The molecule has 1 saturated heterocycles. The lowest BCUT2D eigenvalue weighted by Gasteiger charge is -2.41. The maximum absolute atomic E-state index is 13.0. The zero-order chi connectivity index (χ0) is 20.4. The fourth-order valence-electron chi connectivity index (χ4n) is 4.62. The molecule has 0 aromatic heterocycles. The van der Waals surface area contributed by atoms with Crippen molar-refractivity contribution in [3.05, 3.63) is 59.7 Å². The normalized spacial score (nSPS) is 22.0. The number of carbonyl (C=O) groups is 1. The molecule has 0 unspecified atom stereocenters. The Kier molecular flexibility index (Phi) is 5.63. The second-order valence-corrected chi connectivity index (χ2v) is 10.0. The molecule has 0 radical (unpaired) electrons. The van der Waals surface area contributed by atoms with E-state index in [0.717, 1.165) is 31.0 Å². The van der Waals surface area contributed by atoms with Crippen LogP contribution in [0.3, 0.4) is 0 Å². The monoisotopic (exact) mass is 412 g/mol. The molecular weight excluding hydrogens is 384 g/mol. The number of anilines is 1. The van der Waals surface area contributed by atoms with E-state index in [1.54, 1.807) is 48.5 Å². The molecule has 2 aromatic carbocycles. The van der Waals surface area contributed by atoms with E-state index in [0.29, 0.717) is 17.2 Å². The highest BCUT2D eigenvalue weighted by molar-refractivity contribution is 7.92. The smallest absolute Gasteiger partial charge is 0.261 e. The fourth-order valence-corrected chi connectivity index (χ4v) is 5.66. The first-order valence-corrected chi connectivity index (χ1v) is 11.9. The number of nitrogens with zero attached hydrogens (tertiary/aromatic N) is 1. The van der Waals surface area contributed by atoms with Gasteiger partial charge >= 0.3 is 0 Å². The van der Waals surface area contributed by atoms with E-state index < -0.39 is 10.0 Å². The van der Waals surface area contributed by atoms with Crippen LogP contribution < -0.4 is 4.72 Å². The molecule has 1 N–H and O–H groups in total. The minimum absolute atomic E-state index is 0.00888. The van der Waals surface area contributed by atoms with Crippen molar-refractivity contribution in [2.24, 2.45) is 11.8 Å². The van der Waals surface area contributed by atoms with Crippen LogP contribution in [-0.4, -0.2) is 32.3 Å². The minimum atomic E-state index is -3.69. The van der Waals surface area contributed by atoms with Crippen LogP contribution in [0.2, 0.25) is 0 Å². The third kappa shape index (κ3) is 4.47. The van der Waals surface area contributed by atoms with Crippen molar-refractivity contribution in [3.8, 4) is 0 Å². The Morgan fingerprint density at radius 3 is 2.48 bits per heavy atom. The molecule has 2 aromatic rings. The number of aryl methyl sites for hydroxylation is 1. The van der Waals surface area contributed by atoms with Gasteiger partial charge in [0.15, 0.2) is 0 Å². The number of likely N-dealkylation sites (tertiary alicyclic amines) is 1. The third-order valence-electron chi connectivity index (χ3n) is 6.27. The number of benzene rings is 2. The largest absolute Gasteiger partial charge is 0.338 e. The van der Waals surface area contributed by atoms with Crippen LogP contribution in [0.5, 0.6) is 0 Å². The van der Waals surface area contributed by atoms with Crippen LogP contribution in [-0.2, 0) is 10.0 Å². The Balaban J connectivity index is 1.48. The molecule has 1 amide bonds. The second kappa shape index (κ2) is 8.19. The SMILES string of the molecule is Cc1ccc(S(=O)(=O)Nc2cccc(C(=O)N3CC[C@@H]4CCCC[C@@H]4C3)c2)cc1. The lowest BCUT2D eigenvalue weighted by atomic mass is 9.75. The fraction of sp³-hybridized carbons (Fsp3) is 0.435. The maximum Gasteiger partial charge on any atom is 0.261 e. The van der Waals surface area contributed by atoms with Gasteiger partial charge in [0.1, 0.15) is 0 Å². The second-order valence-electron chi connectivity index (χ2n) is 8.34. The summed E-state index contributed by atoms with van der Waals surface area (Å²) in [4.78, 5) is 15.2. The number of carbonyl (C=O) groups excluding carboxylic acids is 1. The summed E-state index contributed by atoms with van der Waals surface area (Å²) in [5.41, 5.74) is 1.94. The average Bonchev–Trinajstić information content (AvgIpc) is 2.73. The van der Waals surface area contributed by atoms with E-state index >= 15 is 0 Å². The Labute approximate surface area is 173 Å². The summed E-state index contributed by atoms with van der Waals surface area (Å²) in [6, 6.07) is 13.5. The van der Waals surface area contributed by atoms with E-state index in [9.17, 15) is 13.2 Å². The Bertz CT molecular complexity index is 985. The van der Waals surface area contributed by atoms with Crippen LogP contribution in [0.25, 0.3) is 0 Å². The van der Waals surface area contributed by atoms with Crippen LogP contribution in [0.1, 0.15) is 48.0 Å². The summed E-state index contributed by atoms with van der Waals surface area (Å²) in [7, 11) is -3.69. The maximum atomic E-state index is 13.0. The van der Waals surface area contributed by atoms with Gasteiger partial charge in [0, 0.05) is 24.3 Å². The van der Waals surface area contributed by atoms with Crippen molar-refractivity contribution in [2.45, 2.75) is 43.9 Å². The molecule has 154 valence electrons. The van der Waals surface area contributed by atoms with Crippen molar-refractivity contribution in [3.63, 3.8) is 0 Å². The highest BCUT2D eigenvalue weighted by atomic mass is 32.2. The summed E-state index contributed by atoms with van der Waals surface area (Å²) in [6.45, 7) is 3.52. The molecule has 1 aliphatic carbocycles. The van der Waals surface area contributed by atoms with Crippen LogP contribution >= 0.6 is 0 Å². The molecule has 6 heteroatoms. The van der Waals surface area contributed by atoms with Gasteiger partial charge in [-0.25, -0.2) is 8.42 Å². The molecule has 4 rings (SSSR count). The molecule has 2 atom stereocenters. The number of rotatable bonds is 4. The molecule has 29 heavy (non-hydrogen) atoms. The van der Waals surface area contributed by atoms with E-state index in [1.807, 2.05) is 11.8 Å². The minimum Gasteiger partial charge on any atom is -0.338 e. The zero-order valence-corrected chi connectivity index (χ0v) is 17.6. The summed E-state index contributed by atoms with van der Waals surface area (Å²) in [5.74, 6) is 1.37. The van der Waals surface area contributed by atoms with Gasteiger partial charge in [-0.2, -0.15) is 0 Å². The van der Waals surface area contributed by atoms with Gasteiger partial charge in [0.25, 0.3) is 15.9 Å². The molecule has 0 bridgehead atoms. The molecule has 1 aliphatic heterocycles. The van der Waals surface area contributed by atoms with Crippen molar-refractivity contribution in [1.29, 1.82) is 0 Å².